The van der Waals surface area contributed by atoms with Crippen LogP contribution in [0.4, 0.5) is 0 Å². The van der Waals surface area contributed by atoms with Gasteiger partial charge in [0, 0.05) is 16.5 Å². The summed E-state index contributed by atoms with van der Waals surface area (Å²) in [4.78, 5) is 0. The van der Waals surface area contributed by atoms with Crippen molar-refractivity contribution in [2.45, 2.75) is 91.5 Å². The molecule has 12 atom stereocenters. The van der Waals surface area contributed by atoms with Gasteiger partial charge in [-0.1, -0.05) is 35.8 Å². The van der Waals surface area contributed by atoms with Crippen LogP contribution in [-0.4, -0.2) is 138 Å². The predicted molar refractivity (Wildman–Crippen MR) is 155 cm³/mol. The number of hydrogen-bond acceptors (Lipinski definition) is 12. The first kappa shape index (κ1) is 32.0. The van der Waals surface area contributed by atoms with Crippen molar-refractivity contribution in [3.8, 4) is 34.8 Å². The quantitative estimate of drug-likeness (QED) is 0.150. The van der Waals surface area contributed by atoms with Crippen molar-refractivity contribution in [1.82, 2.24) is 0 Å². The van der Waals surface area contributed by atoms with E-state index in [0.717, 1.165) is 22.3 Å². The molecule has 0 radical (unpaired) electrons. The van der Waals surface area contributed by atoms with Crippen molar-refractivity contribution in [1.29, 1.82) is 0 Å². The molecule has 2 aliphatic carbocycles. The minimum atomic E-state index is -1.55. The van der Waals surface area contributed by atoms with Crippen LogP contribution in [0.25, 0.3) is 11.1 Å². The summed E-state index contributed by atoms with van der Waals surface area (Å²) in [5, 5.41) is 101. The number of aliphatic hydroxyl groups is 10. The monoisotopic (exact) mass is 624 g/mol. The maximum Gasteiger partial charge on any atom is 0.147 e. The molecule has 6 rings (SSSR count). The van der Waals surface area contributed by atoms with Gasteiger partial charge in [-0.15, -0.1) is 0 Å². The van der Waals surface area contributed by atoms with Crippen LogP contribution in [0.2, 0.25) is 0 Å². The highest BCUT2D eigenvalue weighted by molar-refractivity contribution is 5.83. The number of hydrogen-bond donors (Lipinski definition) is 10. The third-order valence-corrected chi connectivity index (χ3v) is 9.42. The van der Waals surface area contributed by atoms with Crippen molar-refractivity contribution in [3.63, 3.8) is 0 Å². The second-order valence-electron chi connectivity index (χ2n) is 12.2. The SMILES string of the molecule is OC[C@H]1O[C@H](C#Cc2ccc3c(c2)C2(C[C@@H](O)[C@@H](O)C2)c2cc(C#C[C@H]4O[C@H](CO)[C@@H](O)[C@H](O)[C@@H]4O)ccc2-3)[C@@H](O)[C@@H](O)[C@@H]1O. The molecule has 0 amide bonds. The largest absolute Gasteiger partial charge is 0.394 e. The zero-order valence-electron chi connectivity index (χ0n) is 24.0. The zero-order valence-corrected chi connectivity index (χ0v) is 24.0. The molecule has 2 aromatic carbocycles. The van der Waals surface area contributed by atoms with E-state index in [1.165, 1.54) is 0 Å². The number of ether oxygens (including phenoxy) is 2. The Bertz CT molecular complexity index is 1430. The molecule has 4 aliphatic rings. The lowest BCUT2D eigenvalue weighted by Gasteiger charge is -2.37. The Balaban J connectivity index is 1.33. The Morgan fingerprint density at radius 2 is 0.978 bits per heavy atom. The van der Waals surface area contributed by atoms with E-state index in [-0.39, 0.29) is 12.8 Å². The van der Waals surface area contributed by atoms with E-state index in [4.69, 9.17) is 9.47 Å². The van der Waals surface area contributed by atoms with Gasteiger partial charge in [-0.2, -0.15) is 0 Å². The van der Waals surface area contributed by atoms with Gasteiger partial charge in [0.25, 0.3) is 0 Å². The van der Waals surface area contributed by atoms with Crippen LogP contribution in [-0.2, 0) is 14.9 Å². The van der Waals surface area contributed by atoms with Crippen LogP contribution in [0, 0.1) is 23.7 Å². The average Bonchev–Trinajstić information content (AvgIpc) is 3.49. The van der Waals surface area contributed by atoms with E-state index in [0.29, 0.717) is 11.1 Å². The minimum Gasteiger partial charge on any atom is -0.394 e. The van der Waals surface area contributed by atoms with Crippen LogP contribution >= 0.6 is 0 Å². The summed E-state index contributed by atoms with van der Waals surface area (Å²) in [6, 6.07) is 11.0. The first-order valence-corrected chi connectivity index (χ1v) is 14.8. The van der Waals surface area contributed by atoms with Gasteiger partial charge < -0.3 is 60.5 Å². The molecule has 3 fully saturated rings. The maximum absolute atomic E-state index is 10.7. The molecule has 2 aliphatic heterocycles. The third-order valence-electron chi connectivity index (χ3n) is 9.42. The smallest absolute Gasteiger partial charge is 0.147 e. The van der Waals surface area contributed by atoms with Crippen LogP contribution in [0.1, 0.15) is 35.1 Å². The van der Waals surface area contributed by atoms with Crippen LogP contribution < -0.4 is 0 Å². The Morgan fingerprint density at radius 1 is 0.578 bits per heavy atom. The van der Waals surface area contributed by atoms with Gasteiger partial charge in [-0.05, 0) is 59.4 Å². The van der Waals surface area contributed by atoms with Gasteiger partial charge in [-0.25, -0.2) is 0 Å². The number of benzene rings is 2. The van der Waals surface area contributed by atoms with E-state index in [2.05, 4.69) is 23.7 Å². The number of rotatable bonds is 2. The molecular weight excluding hydrogens is 588 g/mol. The lowest BCUT2D eigenvalue weighted by molar-refractivity contribution is -0.214. The zero-order chi connectivity index (χ0) is 32.2. The Hall–Kier alpha value is -2.92. The third kappa shape index (κ3) is 5.47. The second kappa shape index (κ2) is 12.4. The molecule has 10 N–H and O–H groups in total. The summed E-state index contributed by atoms with van der Waals surface area (Å²) in [5.41, 5.74) is 3.69. The molecule has 12 heteroatoms. The van der Waals surface area contributed by atoms with Crippen LogP contribution in [0.5, 0.6) is 0 Å². The van der Waals surface area contributed by atoms with E-state index in [1.54, 1.807) is 12.1 Å². The first-order valence-electron chi connectivity index (χ1n) is 14.8. The molecule has 0 bridgehead atoms. The predicted octanol–water partition coefficient (Wildman–Crippen LogP) is -3.14. The number of fused-ring (bicyclic) bond motifs is 5. The fourth-order valence-electron chi connectivity index (χ4n) is 6.91. The van der Waals surface area contributed by atoms with Gasteiger partial charge in [0.2, 0.25) is 0 Å². The molecule has 1 saturated carbocycles. The van der Waals surface area contributed by atoms with Crippen molar-refractivity contribution < 1.29 is 60.5 Å². The Kier molecular flexibility index (Phi) is 8.80. The van der Waals surface area contributed by atoms with Gasteiger partial charge in [0.05, 0.1) is 25.4 Å². The molecule has 45 heavy (non-hydrogen) atoms. The molecule has 0 aromatic heterocycles. The maximum atomic E-state index is 10.7. The standard InChI is InChI=1S/C33H36O12/c34-13-25-29(40)31(42)27(38)23(44-25)7-3-15-1-5-17-18-6-2-16(4-8-24-28(39)32(43)30(41)26(14-35)45-24)10-20(18)33(19(17)9-15)11-21(36)22(37)12-33/h1-2,5-6,9-10,21-32,34-43H,11-14H2/t21-,22+,23-,24-,25-,26-,27-,28-,29-,30-,31-,32-/m1/s1. The lowest BCUT2D eigenvalue weighted by Crippen LogP contribution is -2.58. The van der Waals surface area contributed by atoms with E-state index < -0.39 is 91.9 Å². The normalized spacial score (nSPS) is 40.2. The van der Waals surface area contributed by atoms with E-state index in [1.807, 2.05) is 24.3 Å². The molecule has 2 saturated heterocycles. The van der Waals surface area contributed by atoms with Crippen molar-refractivity contribution in [3.05, 3.63) is 58.7 Å². The van der Waals surface area contributed by atoms with Gasteiger partial charge in [0.1, 0.15) is 61.0 Å². The fraction of sp³-hybridized carbons (Fsp3) is 0.515. The summed E-state index contributed by atoms with van der Waals surface area (Å²) in [6.07, 6.45) is -15.1. The molecule has 2 heterocycles. The highest BCUT2D eigenvalue weighted by Gasteiger charge is 2.52. The highest BCUT2D eigenvalue weighted by atomic mass is 16.5. The van der Waals surface area contributed by atoms with Gasteiger partial charge in [0.15, 0.2) is 0 Å². The highest BCUT2D eigenvalue weighted by Crippen LogP contribution is 2.57. The van der Waals surface area contributed by atoms with Crippen LogP contribution in [0.3, 0.4) is 0 Å². The van der Waals surface area contributed by atoms with E-state index in [9.17, 15) is 51.1 Å². The fourth-order valence-corrected chi connectivity index (χ4v) is 6.91. The summed E-state index contributed by atoms with van der Waals surface area (Å²) in [6.45, 7) is -1.13. The van der Waals surface area contributed by atoms with Crippen molar-refractivity contribution in [2.75, 3.05) is 13.2 Å². The lowest BCUT2D eigenvalue weighted by atomic mass is 9.76. The van der Waals surface area contributed by atoms with E-state index >= 15 is 0 Å². The second-order valence-corrected chi connectivity index (χ2v) is 12.2. The topological polar surface area (TPSA) is 221 Å². The summed E-state index contributed by atoms with van der Waals surface area (Å²) >= 11 is 0. The Morgan fingerprint density at radius 3 is 1.36 bits per heavy atom. The molecule has 240 valence electrons. The van der Waals surface area contributed by atoms with Gasteiger partial charge >= 0.3 is 0 Å². The molecular formula is C33H36O12. The molecule has 12 nitrogen and oxygen atoms in total. The van der Waals surface area contributed by atoms with Gasteiger partial charge in [-0.3, -0.25) is 0 Å². The number of aliphatic hydroxyl groups excluding tert-OH is 10. The summed E-state index contributed by atoms with van der Waals surface area (Å²) in [7, 11) is 0. The molecule has 0 unspecified atom stereocenters. The summed E-state index contributed by atoms with van der Waals surface area (Å²) < 4.78 is 11.0. The average molecular weight is 625 g/mol. The molecule has 1 spiro atoms. The van der Waals surface area contributed by atoms with Crippen molar-refractivity contribution in [2.24, 2.45) is 0 Å². The Labute approximate surface area is 258 Å². The first-order chi connectivity index (χ1) is 21.5. The summed E-state index contributed by atoms with van der Waals surface area (Å²) in [5.74, 6) is 11.5. The van der Waals surface area contributed by atoms with Crippen LogP contribution in [0.15, 0.2) is 36.4 Å². The minimum absolute atomic E-state index is 0.224. The molecule has 2 aromatic rings. The van der Waals surface area contributed by atoms with Crippen molar-refractivity contribution >= 4 is 0 Å².